The third-order valence-corrected chi connectivity index (χ3v) is 6.07. The number of methoxy groups -OCH3 is 1. The minimum absolute atomic E-state index is 0.191. The number of fused-ring (bicyclic) bond motifs is 1. The van der Waals surface area contributed by atoms with Crippen LogP contribution in [-0.4, -0.2) is 22.8 Å². The Balaban J connectivity index is 1.58. The first kappa shape index (κ1) is 21.8. The Morgan fingerprint density at radius 3 is 2.41 bits per heavy atom. The molecule has 0 saturated heterocycles. The molecule has 0 aliphatic carbocycles. The van der Waals surface area contributed by atoms with Gasteiger partial charge < -0.3 is 15.4 Å². The summed E-state index contributed by atoms with van der Waals surface area (Å²) in [5.41, 5.74) is 4.74. The van der Waals surface area contributed by atoms with Gasteiger partial charge in [0.1, 0.15) is 17.6 Å². The number of ether oxygens (including phenoxy) is 1. The average Bonchev–Trinajstić information content (AvgIpc) is 3.28. The van der Waals surface area contributed by atoms with Gasteiger partial charge in [-0.25, -0.2) is 4.68 Å². The molecule has 4 aromatic rings. The van der Waals surface area contributed by atoms with Gasteiger partial charge in [0.15, 0.2) is 0 Å². The van der Waals surface area contributed by atoms with Gasteiger partial charge in [0.2, 0.25) is 0 Å². The minimum Gasteiger partial charge on any atom is -0.497 e. The number of carbonyl (C=O) groups is 1. The molecule has 3 aromatic carbocycles. The summed E-state index contributed by atoms with van der Waals surface area (Å²) in [4.78, 5) is 13.5. The summed E-state index contributed by atoms with van der Waals surface area (Å²) in [6.07, 6.45) is 0. The molecule has 1 aliphatic rings. The normalized spacial score (nSPS) is 14.9. The number of nitrogens with one attached hydrogen (secondary N) is 2. The monoisotopic (exact) mass is 470 g/mol. The zero-order valence-electron chi connectivity index (χ0n) is 18.7. The van der Waals surface area contributed by atoms with Gasteiger partial charge in [-0.2, -0.15) is 5.10 Å². The smallest absolute Gasteiger partial charge is 0.255 e. The highest BCUT2D eigenvalue weighted by Gasteiger charge is 2.33. The van der Waals surface area contributed by atoms with E-state index in [0.29, 0.717) is 10.6 Å². The van der Waals surface area contributed by atoms with Gasteiger partial charge in [-0.1, -0.05) is 41.9 Å². The molecule has 1 aromatic heterocycles. The standard InChI is InChI=1S/C27H23ClN4O2/c1-17-25(27(33)30-21-6-4-3-5-7-21)26(19-8-12-20(28)13-9-19)32-24(29-17)16-23(31-32)18-10-14-22(34-2)15-11-18/h3-16,26,29H,1-2H3,(H,30,33)/t26-/m1/s1. The molecular weight excluding hydrogens is 448 g/mol. The predicted octanol–water partition coefficient (Wildman–Crippen LogP) is 6.14. The van der Waals surface area contributed by atoms with E-state index < -0.39 is 6.04 Å². The third-order valence-electron chi connectivity index (χ3n) is 5.82. The van der Waals surface area contributed by atoms with E-state index in [9.17, 15) is 4.79 Å². The Morgan fingerprint density at radius 1 is 1.03 bits per heavy atom. The van der Waals surface area contributed by atoms with Gasteiger partial charge >= 0.3 is 0 Å². The number of amides is 1. The first-order valence-electron chi connectivity index (χ1n) is 10.9. The van der Waals surface area contributed by atoms with E-state index in [1.54, 1.807) is 7.11 Å². The van der Waals surface area contributed by atoms with E-state index in [4.69, 9.17) is 21.4 Å². The summed E-state index contributed by atoms with van der Waals surface area (Å²) < 4.78 is 7.13. The van der Waals surface area contributed by atoms with Gasteiger partial charge in [-0.3, -0.25) is 4.79 Å². The van der Waals surface area contributed by atoms with Crippen LogP contribution >= 0.6 is 11.6 Å². The van der Waals surface area contributed by atoms with E-state index in [1.807, 2.05) is 96.5 Å². The molecule has 0 fully saturated rings. The Hall–Kier alpha value is -4.03. The van der Waals surface area contributed by atoms with Crippen molar-refractivity contribution >= 4 is 29.0 Å². The lowest BCUT2D eigenvalue weighted by molar-refractivity contribution is -0.113. The Bertz CT molecular complexity index is 1360. The quantitative estimate of drug-likeness (QED) is 0.367. The summed E-state index contributed by atoms with van der Waals surface area (Å²) in [6.45, 7) is 1.91. The molecule has 2 N–H and O–H groups in total. The number of aromatic nitrogens is 2. The zero-order chi connectivity index (χ0) is 23.7. The van der Waals surface area contributed by atoms with Crippen LogP contribution in [0.25, 0.3) is 11.3 Å². The molecule has 0 radical (unpaired) electrons. The second-order valence-electron chi connectivity index (χ2n) is 8.03. The number of carbonyl (C=O) groups excluding carboxylic acids is 1. The van der Waals surface area contributed by atoms with Crippen LogP contribution in [0.15, 0.2) is 96.2 Å². The van der Waals surface area contributed by atoms with Crippen molar-refractivity contribution in [1.82, 2.24) is 9.78 Å². The molecule has 170 valence electrons. The number of benzene rings is 3. The fourth-order valence-electron chi connectivity index (χ4n) is 4.14. The van der Waals surface area contributed by atoms with Gasteiger partial charge in [-0.15, -0.1) is 0 Å². The highest BCUT2D eigenvalue weighted by molar-refractivity contribution is 6.30. The van der Waals surface area contributed by atoms with Crippen LogP contribution in [0.1, 0.15) is 18.5 Å². The molecule has 6 nitrogen and oxygen atoms in total. The van der Waals surface area contributed by atoms with E-state index in [1.165, 1.54) is 0 Å². The van der Waals surface area contributed by atoms with E-state index in [-0.39, 0.29) is 5.91 Å². The molecule has 1 aliphatic heterocycles. The van der Waals surface area contributed by atoms with E-state index in [2.05, 4.69) is 10.6 Å². The third kappa shape index (κ3) is 4.16. The highest BCUT2D eigenvalue weighted by Crippen LogP contribution is 2.38. The van der Waals surface area contributed by atoms with Gasteiger partial charge in [0, 0.05) is 28.0 Å². The Morgan fingerprint density at radius 2 is 1.74 bits per heavy atom. The van der Waals surface area contributed by atoms with Crippen LogP contribution in [-0.2, 0) is 4.79 Å². The van der Waals surface area contributed by atoms with Crippen LogP contribution in [0.5, 0.6) is 5.75 Å². The summed E-state index contributed by atoms with van der Waals surface area (Å²) >= 11 is 6.16. The van der Waals surface area contributed by atoms with Crippen molar-refractivity contribution in [2.24, 2.45) is 0 Å². The number of hydrogen-bond acceptors (Lipinski definition) is 4. The fraction of sp³-hybridized carbons (Fsp3) is 0.111. The van der Waals surface area contributed by atoms with Crippen molar-refractivity contribution < 1.29 is 9.53 Å². The van der Waals surface area contributed by atoms with Crippen LogP contribution in [0, 0.1) is 0 Å². The van der Waals surface area contributed by atoms with Gasteiger partial charge in [0.25, 0.3) is 5.91 Å². The molecule has 0 bridgehead atoms. The number of hydrogen-bond donors (Lipinski definition) is 2. The van der Waals surface area contributed by atoms with E-state index in [0.717, 1.165) is 39.8 Å². The number of allylic oxidation sites excluding steroid dienone is 1. The maximum atomic E-state index is 13.5. The van der Waals surface area contributed by atoms with Crippen molar-refractivity contribution in [1.29, 1.82) is 0 Å². The Labute approximate surface area is 202 Å². The molecule has 34 heavy (non-hydrogen) atoms. The lowest BCUT2D eigenvalue weighted by Gasteiger charge is -2.29. The molecule has 0 saturated carbocycles. The zero-order valence-corrected chi connectivity index (χ0v) is 19.5. The van der Waals surface area contributed by atoms with Crippen molar-refractivity contribution in [3.8, 4) is 17.0 Å². The number of anilines is 2. The van der Waals surface area contributed by atoms with Crippen molar-refractivity contribution in [2.45, 2.75) is 13.0 Å². The second kappa shape index (κ2) is 9.08. The van der Waals surface area contributed by atoms with Crippen LogP contribution in [0.4, 0.5) is 11.5 Å². The molecule has 5 rings (SSSR count). The maximum absolute atomic E-state index is 13.5. The van der Waals surface area contributed by atoms with Crippen molar-refractivity contribution in [2.75, 3.05) is 17.7 Å². The first-order valence-corrected chi connectivity index (χ1v) is 11.2. The molecule has 7 heteroatoms. The summed E-state index contributed by atoms with van der Waals surface area (Å²) in [5, 5.41) is 11.9. The summed E-state index contributed by atoms with van der Waals surface area (Å²) in [6, 6.07) is 26.2. The number of nitrogens with zero attached hydrogens (tertiary/aromatic N) is 2. The molecule has 0 spiro atoms. The van der Waals surface area contributed by atoms with Gasteiger partial charge in [0.05, 0.1) is 18.4 Å². The molecule has 1 amide bonds. The lowest BCUT2D eigenvalue weighted by atomic mass is 9.95. The highest BCUT2D eigenvalue weighted by atomic mass is 35.5. The van der Waals surface area contributed by atoms with Crippen LogP contribution in [0.2, 0.25) is 5.02 Å². The average molecular weight is 471 g/mol. The largest absolute Gasteiger partial charge is 0.497 e. The second-order valence-corrected chi connectivity index (χ2v) is 8.46. The topological polar surface area (TPSA) is 68.2 Å². The predicted molar refractivity (Wildman–Crippen MR) is 135 cm³/mol. The van der Waals surface area contributed by atoms with Gasteiger partial charge in [-0.05, 0) is 61.0 Å². The maximum Gasteiger partial charge on any atom is 0.255 e. The molecule has 1 atom stereocenters. The van der Waals surface area contributed by atoms with Crippen LogP contribution < -0.4 is 15.4 Å². The summed E-state index contributed by atoms with van der Waals surface area (Å²) in [7, 11) is 1.64. The lowest BCUT2D eigenvalue weighted by Crippen LogP contribution is -2.31. The molecular formula is C27H23ClN4O2. The summed E-state index contributed by atoms with van der Waals surface area (Å²) in [5.74, 6) is 1.39. The SMILES string of the molecule is COc1ccc(-c2cc3n(n2)[C@H](c2ccc(Cl)cc2)C(C(=O)Nc2ccccc2)=C(C)N3)cc1. The number of rotatable bonds is 5. The minimum atomic E-state index is -0.427. The first-order chi connectivity index (χ1) is 16.5. The van der Waals surface area contributed by atoms with Crippen molar-refractivity contribution in [3.63, 3.8) is 0 Å². The van der Waals surface area contributed by atoms with Crippen LogP contribution in [0.3, 0.4) is 0 Å². The van der Waals surface area contributed by atoms with E-state index >= 15 is 0 Å². The molecule has 2 heterocycles. The fourth-order valence-corrected chi connectivity index (χ4v) is 4.27. The number of para-hydroxylation sites is 1. The number of halogens is 1. The Kier molecular flexibility index (Phi) is 5.82. The van der Waals surface area contributed by atoms with Crippen molar-refractivity contribution in [3.05, 3.63) is 107 Å². The molecule has 0 unspecified atom stereocenters.